The van der Waals surface area contributed by atoms with Gasteiger partial charge in [-0.1, -0.05) is 30.7 Å². The van der Waals surface area contributed by atoms with Crippen molar-refractivity contribution < 1.29 is 9.90 Å². The Morgan fingerprint density at radius 1 is 0.967 bits per heavy atom. The number of benzene rings is 1. The third kappa shape index (κ3) is 3.54. The molecule has 2 aliphatic heterocycles. The number of amides is 1. The average Bonchev–Trinajstić information content (AvgIpc) is 2.72. The standard InChI is InChI=1S/C25H31N3O2/c29-17-23-24(20-8-6-18(7-9-20)19-10-12-26-13-11-19)22-16-27(14-1-2-15-28(22)23)25(30)21-4-3-5-21/h6-13,21-24,29H,1-5,14-17H2/t22-,23-,24-/m1/s1. The lowest BCUT2D eigenvalue weighted by atomic mass is 9.74. The van der Waals surface area contributed by atoms with E-state index in [4.69, 9.17) is 0 Å². The first kappa shape index (κ1) is 19.7. The topological polar surface area (TPSA) is 56.7 Å². The number of aromatic nitrogens is 1. The van der Waals surface area contributed by atoms with Gasteiger partial charge in [0.1, 0.15) is 0 Å². The minimum atomic E-state index is 0.153. The summed E-state index contributed by atoms with van der Waals surface area (Å²) in [4.78, 5) is 21.6. The Balaban J connectivity index is 1.37. The average molecular weight is 406 g/mol. The Hall–Kier alpha value is -2.24. The molecule has 0 spiro atoms. The number of carbonyl (C=O) groups excluding carboxylic acids is 1. The van der Waals surface area contributed by atoms with Crippen molar-refractivity contribution in [3.05, 3.63) is 54.4 Å². The number of pyridine rings is 1. The zero-order valence-corrected chi connectivity index (χ0v) is 17.5. The molecular weight excluding hydrogens is 374 g/mol. The number of hydrogen-bond donors (Lipinski definition) is 1. The van der Waals surface area contributed by atoms with Gasteiger partial charge in [-0.15, -0.1) is 0 Å². The van der Waals surface area contributed by atoms with Crippen LogP contribution in [0.15, 0.2) is 48.8 Å². The Morgan fingerprint density at radius 2 is 1.67 bits per heavy atom. The van der Waals surface area contributed by atoms with Crippen LogP contribution in [-0.2, 0) is 4.79 Å². The molecule has 1 aliphatic carbocycles. The highest BCUT2D eigenvalue weighted by molar-refractivity contribution is 5.79. The van der Waals surface area contributed by atoms with E-state index in [9.17, 15) is 9.90 Å². The van der Waals surface area contributed by atoms with Gasteiger partial charge >= 0.3 is 0 Å². The Kier molecular flexibility index (Phi) is 5.57. The molecular formula is C25H31N3O2. The minimum absolute atomic E-state index is 0.153. The molecule has 1 aromatic carbocycles. The second-order valence-electron chi connectivity index (χ2n) is 9.06. The lowest BCUT2D eigenvalue weighted by Gasteiger charge is -2.57. The lowest BCUT2D eigenvalue weighted by Crippen LogP contribution is -2.68. The maximum Gasteiger partial charge on any atom is 0.225 e. The molecule has 3 heterocycles. The molecule has 5 nitrogen and oxygen atoms in total. The van der Waals surface area contributed by atoms with E-state index in [-0.39, 0.29) is 24.5 Å². The van der Waals surface area contributed by atoms with Crippen molar-refractivity contribution in [2.45, 2.75) is 50.1 Å². The fraction of sp³-hybridized carbons (Fsp3) is 0.520. The molecule has 0 radical (unpaired) electrons. The Labute approximate surface area is 178 Å². The van der Waals surface area contributed by atoms with E-state index >= 15 is 0 Å². The number of rotatable bonds is 4. The predicted octanol–water partition coefficient (Wildman–Crippen LogP) is 3.30. The summed E-state index contributed by atoms with van der Waals surface area (Å²) in [5.74, 6) is 0.892. The van der Waals surface area contributed by atoms with E-state index in [2.05, 4.69) is 39.0 Å². The summed E-state index contributed by atoms with van der Waals surface area (Å²) < 4.78 is 0. The lowest BCUT2D eigenvalue weighted by molar-refractivity contribution is -0.143. The molecule has 3 aliphatic rings. The number of nitrogens with zero attached hydrogens (tertiary/aromatic N) is 3. The smallest absolute Gasteiger partial charge is 0.225 e. The molecule has 0 unspecified atom stereocenters. The fourth-order valence-electron chi connectivity index (χ4n) is 5.50. The van der Waals surface area contributed by atoms with Gasteiger partial charge in [0.15, 0.2) is 0 Å². The van der Waals surface area contributed by atoms with Gasteiger partial charge in [0.2, 0.25) is 5.91 Å². The van der Waals surface area contributed by atoms with Crippen LogP contribution in [0.25, 0.3) is 11.1 Å². The summed E-state index contributed by atoms with van der Waals surface area (Å²) in [6, 6.07) is 13.3. The van der Waals surface area contributed by atoms with Crippen LogP contribution in [-0.4, -0.2) is 64.1 Å². The van der Waals surface area contributed by atoms with Gasteiger partial charge in [0.05, 0.1) is 6.61 Å². The molecule has 30 heavy (non-hydrogen) atoms. The molecule has 0 bridgehead atoms. The van der Waals surface area contributed by atoms with E-state index in [1.165, 1.54) is 17.5 Å². The molecule has 5 rings (SSSR count). The molecule has 1 N–H and O–H groups in total. The van der Waals surface area contributed by atoms with Gasteiger partial charge in [0, 0.05) is 49.4 Å². The monoisotopic (exact) mass is 405 g/mol. The van der Waals surface area contributed by atoms with Gasteiger partial charge in [-0.3, -0.25) is 14.7 Å². The fourth-order valence-corrected chi connectivity index (χ4v) is 5.50. The van der Waals surface area contributed by atoms with Crippen molar-refractivity contribution in [1.29, 1.82) is 0 Å². The molecule has 1 aromatic heterocycles. The van der Waals surface area contributed by atoms with Crippen LogP contribution < -0.4 is 0 Å². The molecule has 158 valence electrons. The first-order valence-electron chi connectivity index (χ1n) is 11.4. The quantitative estimate of drug-likeness (QED) is 0.848. The molecule has 1 amide bonds. The van der Waals surface area contributed by atoms with Gasteiger partial charge in [-0.2, -0.15) is 0 Å². The van der Waals surface area contributed by atoms with Crippen molar-refractivity contribution in [2.75, 3.05) is 26.2 Å². The third-order valence-electron chi connectivity index (χ3n) is 7.45. The highest BCUT2D eigenvalue weighted by Crippen LogP contribution is 2.42. The summed E-state index contributed by atoms with van der Waals surface area (Å²) in [6.07, 6.45) is 9.10. The van der Waals surface area contributed by atoms with Crippen LogP contribution in [0.2, 0.25) is 0 Å². The van der Waals surface area contributed by atoms with Crippen molar-refractivity contribution in [1.82, 2.24) is 14.8 Å². The highest BCUT2D eigenvalue weighted by atomic mass is 16.3. The summed E-state index contributed by atoms with van der Waals surface area (Å²) in [5, 5.41) is 10.1. The van der Waals surface area contributed by atoms with E-state index < -0.39 is 0 Å². The Bertz CT molecular complexity index is 866. The molecule has 5 heteroatoms. The molecule has 2 saturated heterocycles. The number of fused-ring (bicyclic) bond motifs is 1. The largest absolute Gasteiger partial charge is 0.395 e. The number of aliphatic hydroxyl groups excluding tert-OH is 1. The van der Waals surface area contributed by atoms with Gasteiger partial charge in [0.25, 0.3) is 0 Å². The number of hydrogen-bond acceptors (Lipinski definition) is 4. The second-order valence-corrected chi connectivity index (χ2v) is 9.06. The molecule has 2 aromatic rings. The summed E-state index contributed by atoms with van der Waals surface area (Å²) in [6.45, 7) is 2.87. The van der Waals surface area contributed by atoms with Crippen LogP contribution in [0, 0.1) is 5.92 Å². The van der Waals surface area contributed by atoms with Crippen molar-refractivity contribution >= 4 is 5.91 Å². The number of aliphatic hydroxyl groups is 1. The summed E-state index contributed by atoms with van der Waals surface area (Å²) >= 11 is 0. The van der Waals surface area contributed by atoms with E-state index in [1.54, 1.807) is 0 Å². The van der Waals surface area contributed by atoms with Gasteiger partial charge < -0.3 is 10.0 Å². The van der Waals surface area contributed by atoms with E-state index in [1.807, 2.05) is 24.5 Å². The minimum Gasteiger partial charge on any atom is -0.395 e. The summed E-state index contributed by atoms with van der Waals surface area (Å²) in [7, 11) is 0. The maximum absolute atomic E-state index is 13.0. The molecule has 3 fully saturated rings. The second kappa shape index (κ2) is 8.48. The van der Waals surface area contributed by atoms with Crippen molar-refractivity contribution in [2.24, 2.45) is 5.92 Å². The van der Waals surface area contributed by atoms with Crippen LogP contribution >= 0.6 is 0 Å². The highest BCUT2D eigenvalue weighted by Gasteiger charge is 2.49. The predicted molar refractivity (Wildman–Crippen MR) is 117 cm³/mol. The first-order valence-corrected chi connectivity index (χ1v) is 11.4. The molecule has 3 atom stereocenters. The van der Waals surface area contributed by atoms with Crippen LogP contribution in [0.1, 0.15) is 43.6 Å². The third-order valence-corrected chi connectivity index (χ3v) is 7.45. The van der Waals surface area contributed by atoms with Gasteiger partial charge in [-0.25, -0.2) is 0 Å². The summed E-state index contributed by atoms with van der Waals surface area (Å²) in [5.41, 5.74) is 3.61. The zero-order chi connectivity index (χ0) is 20.5. The van der Waals surface area contributed by atoms with Crippen molar-refractivity contribution in [3.8, 4) is 11.1 Å². The first-order chi connectivity index (χ1) is 14.8. The number of carbonyl (C=O) groups is 1. The molecule has 1 saturated carbocycles. The van der Waals surface area contributed by atoms with Crippen LogP contribution in [0.5, 0.6) is 0 Å². The van der Waals surface area contributed by atoms with Crippen LogP contribution in [0.3, 0.4) is 0 Å². The normalized spacial score (nSPS) is 27.4. The van der Waals surface area contributed by atoms with Crippen molar-refractivity contribution in [3.63, 3.8) is 0 Å². The van der Waals surface area contributed by atoms with E-state index in [0.29, 0.717) is 11.9 Å². The van der Waals surface area contributed by atoms with Crippen LogP contribution in [0.4, 0.5) is 0 Å². The SMILES string of the molecule is O=C(C1CCC1)N1CCCCN2[C@H](CO)[C@H](c3ccc(-c4ccncc4)cc3)[C@H]2C1. The van der Waals surface area contributed by atoms with Gasteiger partial charge in [-0.05, 0) is 61.1 Å². The van der Waals surface area contributed by atoms with E-state index in [0.717, 1.165) is 50.9 Å². The Morgan fingerprint density at radius 3 is 2.33 bits per heavy atom. The zero-order valence-electron chi connectivity index (χ0n) is 17.5. The maximum atomic E-state index is 13.0.